The standard InChI is InChI=1S/C21H16ClN3O6S/c22-13-4-2-1-3-12(13)18-10-17(28)20-16(27)9-15(26)19(21(20)31-18)14-6-5-11(24-25-14)7-8-32(23,29)30/h1-6,9-10,26-27H,7-8H2,(H2,23,29,30). The van der Waals surface area contributed by atoms with Gasteiger partial charge in [-0.2, -0.15) is 5.10 Å². The molecule has 2 heterocycles. The van der Waals surface area contributed by atoms with Crippen molar-refractivity contribution in [2.45, 2.75) is 6.42 Å². The van der Waals surface area contributed by atoms with Crippen LogP contribution in [0.5, 0.6) is 11.5 Å². The molecule has 11 heteroatoms. The minimum absolute atomic E-state index is 0.0364. The fourth-order valence-corrected chi connectivity index (χ4v) is 3.94. The Labute approximate surface area is 186 Å². The minimum Gasteiger partial charge on any atom is -0.507 e. The second kappa shape index (κ2) is 8.23. The molecule has 2 aromatic carbocycles. The summed E-state index contributed by atoms with van der Waals surface area (Å²) in [6.07, 6.45) is 0.0557. The van der Waals surface area contributed by atoms with E-state index < -0.39 is 21.2 Å². The summed E-state index contributed by atoms with van der Waals surface area (Å²) < 4.78 is 28.2. The molecule has 32 heavy (non-hydrogen) atoms. The van der Waals surface area contributed by atoms with Crippen molar-refractivity contribution in [1.29, 1.82) is 0 Å². The molecular weight excluding hydrogens is 458 g/mol. The van der Waals surface area contributed by atoms with Crippen LogP contribution in [-0.4, -0.2) is 34.6 Å². The van der Waals surface area contributed by atoms with E-state index in [1.807, 2.05) is 0 Å². The van der Waals surface area contributed by atoms with Crippen LogP contribution in [0.25, 0.3) is 33.6 Å². The maximum absolute atomic E-state index is 12.8. The molecule has 9 nitrogen and oxygen atoms in total. The summed E-state index contributed by atoms with van der Waals surface area (Å²) in [6, 6.07) is 12.0. The van der Waals surface area contributed by atoms with E-state index in [9.17, 15) is 23.4 Å². The van der Waals surface area contributed by atoms with Crippen LogP contribution in [0, 0.1) is 0 Å². The molecule has 4 aromatic rings. The number of nitrogens with two attached hydrogens (primary N) is 1. The number of aryl methyl sites for hydroxylation is 1. The maximum atomic E-state index is 12.8. The van der Waals surface area contributed by atoms with Gasteiger partial charge in [-0.05, 0) is 24.3 Å². The first-order valence-electron chi connectivity index (χ1n) is 9.25. The summed E-state index contributed by atoms with van der Waals surface area (Å²) >= 11 is 6.23. The lowest BCUT2D eigenvalue weighted by molar-refractivity contribution is 0.453. The number of benzene rings is 2. The number of hydrogen-bond donors (Lipinski definition) is 3. The largest absolute Gasteiger partial charge is 0.507 e. The number of fused-ring (bicyclic) bond motifs is 1. The van der Waals surface area contributed by atoms with Crippen LogP contribution in [0.2, 0.25) is 5.02 Å². The van der Waals surface area contributed by atoms with Gasteiger partial charge in [0, 0.05) is 24.1 Å². The lowest BCUT2D eigenvalue weighted by atomic mass is 10.0. The van der Waals surface area contributed by atoms with Gasteiger partial charge in [-0.25, -0.2) is 13.6 Å². The van der Waals surface area contributed by atoms with Crippen LogP contribution < -0.4 is 10.6 Å². The number of hydrogen-bond acceptors (Lipinski definition) is 8. The van der Waals surface area contributed by atoms with Crippen molar-refractivity contribution in [2.24, 2.45) is 5.14 Å². The van der Waals surface area contributed by atoms with Crippen molar-refractivity contribution in [3.8, 4) is 34.1 Å². The van der Waals surface area contributed by atoms with Crippen molar-refractivity contribution in [3.63, 3.8) is 0 Å². The quantitative estimate of drug-likeness (QED) is 0.399. The van der Waals surface area contributed by atoms with Gasteiger partial charge >= 0.3 is 0 Å². The lowest BCUT2D eigenvalue weighted by Crippen LogP contribution is -2.18. The molecule has 0 radical (unpaired) electrons. The molecule has 2 aromatic heterocycles. The van der Waals surface area contributed by atoms with E-state index in [1.54, 1.807) is 24.3 Å². The van der Waals surface area contributed by atoms with Crippen molar-refractivity contribution in [3.05, 3.63) is 69.5 Å². The number of aromatic nitrogens is 2. The average Bonchev–Trinajstić information content (AvgIpc) is 2.72. The second-order valence-corrected chi connectivity index (χ2v) is 9.12. The molecular formula is C21H16ClN3O6S. The van der Waals surface area contributed by atoms with E-state index in [0.717, 1.165) is 6.07 Å². The van der Waals surface area contributed by atoms with Gasteiger partial charge in [0.1, 0.15) is 28.3 Å². The summed E-state index contributed by atoms with van der Waals surface area (Å²) in [4.78, 5) is 12.8. The number of sulfonamides is 1. The highest BCUT2D eigenvalue weighted by Gasteiger charge is 2.21. The number of halogens is 1. The number of rotatable bonds is 5. The van der Waals surface area contributed by atoms with Gasteiger partial charge in [0.25, 0.3) is 0 Å². The molecule has 0 amide bonds. The predicted octanol–water partition coefficient (Wildman–Crippen LogP) is 2.81. The van der Waals surface area contributed by atoms with Crippen molar-refractivity contribution < 1.29 is 23.0 Å². The molecule has 0 atom stereocenters. The van der Waals surface area contributed by atoms with Crippen LogP contribution in [-0.2, 0) is 16.4 Å². The number of phenolic OH excluding ortho intramolecular Hbond substituents is 2. The molecule has 4 N–H and O–H groups in total. The van der Waals surface area contributed by atoms with E-state index in [1.165, 1.54) is 18.2 Å². The van der Waals surface area contributed by atoms with Crippen LogP contribution in [0.4, 0.5) is 0 Å². The SMILES string of the molecule is NS(=O)(=O)CCc1ccc(-c2c(O)cc(O)c3c(=O)cc(-c4ccccc4Cl)oc23)nn1. The molecule has 0 bridgehead atoms. The fourth-order valence-electron chi connectivity index (χ4n) is 3.22. The monoisotopic (exact) mass is 473 g/mol. The Hall–Kier alpha value is -3.47. The molecule has 4 rings (SSSR count). The number of phenols is 2. The third kappa shape index (κ3) is 4.28. The van der Waals surface area contributed by atoms with E-state index in [-0.39, 0.29) is 45.9 Å². The highest BCUT2D eigenvalue weighted by molar-refractivity contribution is 7.89. The highest BCUT2D eigenvalue weighted by Crippen LogP contribution is 2.41. The minimum atomic E-state index is -3.66. The smallest absolute Gasteiger partial charge is 0.209 e. The topological polar surface area (TPSA) is 157 Å². The van der Waals surface area contributed by atoms with Gasteiger partial charge in [0.05, 0.1) is 22.0 Å². The highest BCUT2D eigenvalue weighted by atomic mass is 35.5. The zero-order valence-corrected chi connectivity index (χ0v) is 17.9. The Morgan fingerprint density at radius 3 is 2.44 bits per heavy atom. The molecule has 0 unspecified atom stereocenters. The van der Waals surface area contributed by atoms with E-state index in [0.29, 0.717) is 16.3 Å². The van der Waals surface area contributed by atoms with Crippen LogP contribution in [0.15, 0.2) is 57.7 Å². The van der Waals surface area contributed by atoms with Gasteiger partial charge in [0.2, 0.25) is 10.0 Å². The third-order valence-corrected chi connectivity index (χ3v) is 5.82. The molecule has 0 aliphatic carbocycles. The third-order valence-electron chi connectivity index (χ3n) is 4.72. The first kappa shape index (κ1) is 21.8. The molecule has 0 saturated carbocycles. The van der Waals surface area contributed by atoms with Crippen LogP contribution in [0.1, 0.15) is 5.69 Å². The molecule has 0 aliphatic rings. The first-order valence-corrected chi connectivity index (χ1v) is 11.3. The molecule has 164 valence electrons. The summed E-state index contributed by atoms with van der Waals surface area (Å²) in [5, 5.41) is 34.0. The summed E-state index contributed by atoms with van der Waals surface area (Å²) in [7, 11) is -3.66. The Balaban J connectivity index is 1.89. The van der Waals surface area contributed by atoms with E-state index in [2.05, 4.69) is 10.2 Å². The van der Waals surface area contributed by atoms with Gasteiger partial charge in [-0.1, -0.05) is 23.7 Å². The normalized spacial score (nSPS) is 11.7. The zero-order valence-electron chi connectivity index (χ0n) is 16.3. The van der Waals surface area contributed by atoms with Gasteiger partial charge in [-0.15, -0.1) is 5.10 Å². The van der Waals surface area contributed by atoms with Crippen molar-refractivity contribution >= 4 is 32.6 Å². The fraction of sp³-hybridized carbons (Fsp3) is 0.0952. The average molecular weight is 474 g/mol. The second-order valence-electron chi connectivity index (χ2n) is 6.98. The van der Waals surface area contributed by atoms with Crippen LogP contribution in [0.3, 0.4) is 0 Å². The maximum Gasteiger partial charge on any atom is 0.209 e. The van der Waals surface area contributed by atoms with Gasteiger partial charge in [0.15, 0.2) is 11.0 Å². The van der Waals surface area contributed by atoms with Crippen LogP contribution >= 0.6 is 11.6 Å². The summed E-state index contributed by atoms with van der Waals surface area (Å²) in [5.74, 6) is -1.01. The van der Waals surface area contributed by atoms with E-state index in [4.69, 9.17) is 21.2 Å². The number of nitrogens with zero attached hydrogens (tertiary/aromatic N) is 2. The Morgan fingerprint density at radius 1 is 1.03 bits per heavy atom. The molecule has 0 aliphatic heterocycles. The Bertz CT molecular complexity index is 1500. The van der Waals surface area contributed by atoms with Crippen molar-refractivity contribution in [2.75, 3.05) is 5.75 Å². The van der Waals surface area contributed by atoms with Gasteiger partial charge < -0.3 is 14.6 Å². The molecule has 0 spiro atoms. The Morgan fingerprint density at radius 2 is 1.78 bits per heavy atom. The summed E-state index contributed by atoms with van der Waals surface area (Å²) in [5.41, 5.74) is 0.352. The number of primary sulfonamides is 1. The summed E-state index contributed by atoms with van der Waals surface area (Å²) in [6.45, 7) is 0. The first-order chi connectivity index (χ1) is 15.1. The van der Waals surface area contributed by atoms with Gasteiger partial charge in [-0.3, -0.25) is 4.79 Å². The molecule has 0 fully saturated rings. The van der Waals surface area contributed by atoms with E-state index >= 15 is 0 Å². The van der Waals surface area contributed by atoms with Crippen molar-refractivity contribution in [1.82, 2.24) is 10.2 Å². The molecule has 0 saturated heterocycles. The lowest BCUT2D eigenvalue weighted by Gasteiger charge is -2.11. The Kier molecular flexibility index (Phi) is 5.59. The predicted molar refractivity (Wildman–Crippen MR) is 119 cm³/mol. The zero-order chi connectivity index (χ0) is 23.0. The number of aromatic hydroxyl groups is 2.